The summed E-state index contributed by atoms with van der Waals surface area (Å²) in [6.45, 7) is 2.01. The van der Waals surface area contributed by atoms with Crippen LogP contribution in [0.4, 0.5) is 0 Å². The number of benzene rings is 1. The van der Waals surface area contributed by atoms with Gasteiger partial charge in [-0.15, -0.1) is 0 Å². The van der Waals surface area contributed by atoms with Crippen molar-refractivity contribution in [3.05, 3.63) is 104 Å². The van der Waals surface area contributed by atoms with Gasteiger partial charge in [-0.1, -0.05) is 39.1 Å². The summed E-state index contributed by atoms with van der Waals surface area (Å²) >= 11 is 1.33. The number of hydrogen-bond donors (Lipinski definition) is 0. The summed E-state index contributed by atoms with van der Waals surface area (Å²) in [5.74, 6) is 2.86. The third-order valence-corrected chi connectivity index (χ3v) is 5.44. The number of aromatic nitrogens is 8. The van der Waals surface area contributed by atoms with E-state index in [-0.39, 0.29) is 14.9 Å². The van der Waals surface area contributed by atoms with Gasteiger partial charge in [0.15, 0.2) is 11.6 Å². The van der Waals surface area contributed by atoms with Gasteiger partial charge in [-0.05, 0) is 43.3 Å². The van der Waals surface area contributed by atoms with Gasteiger partial charge < -0.3 is 13.7 Å². The predicted octanol–water partition coefficient (Wildman–Crippen LogP) is 6.81. The van der Waals surface area contributed by atoms with E-state index in [0.29, 0.717) is 0 Å². The molecule has 0 amide bonds. The average Bonchev–Trinajstić information content (AvgIpc) is 3.66. The number of fused-ring (bicyclic) bond motifs is 1. The Kier molecular flexibility index (Phi) is 14.6. The van der Waals surface area contributed by atoms with Gasteiger partial charge in [0.05, 0.1) is 11.0 Å². The van der Waals surface area contributed by atoms with Crippen LogP contribution < -0.4 is 0 Å². The molecule has 207 valence electrons. The van der Waals surface area contributed by atoms with E-state index in [9.17, 15) is 0 Å². The van der Waals surface area contributed by atoms with Crippen LogP contribution in [0.25, 0.3) is 34.1 Å². The van der Waals surface area contributed by atoms with Gasteiger partial charge in [-0.25, -0.2) is 15.0 Å². The fraction of sp³-hybridized carbons (Fsp3) is 0.207. The third-order valence-electron chi connectivity index (χ3n) is 5.44. The first-order chi connectivity index (χ1) is 18.0. The number of rotatable bonds is 2. The van der Waals surface area contributed by atoms with Gasteiger partial charge in [0.2, 0.25) is 0 Å². The van der Waals surface area contributed by atoms with Crippen LogP contribution in [0.2, 0.25) is 0 Å². The van der Waals surface area contributed by atoms with Crippen molar-refractivity contribution in [2.75, 3.05) is 0 Å². The van der Waals surface area contributed by atoms with Crippen LogP contribution in [-0.4, -0.2) is 38.6 Å². The van der Waals surface area contributed by atoms with E-state index in [2.05, 4.69) is 45.2 Å². The molecule has 10 heteroatoms. The SMILES string of the molecule is C.C.Cc1nc2ccccc2n1C.Cn1ccnc1-c1ccccn1.Cn1ccnc1-c1ccccn1.[Cl][Os]. The van der Waals surface area contributed by atoms with Crippen LogP contribution in [0.1, 0.15) is 20.7 Å². The molecule has 5 aromatic heterocycles. The number of nitrogens with zero attached hydrogens (tertiary/aromatic N) is 8. The topological polar surface area (TPSA) is 79.2 Å². The van der Waals surface area contributed by atoms with E-state index < -0.39 is 0 Å². The summed E-state index contributed by atoms with van der Waals surface area (Å²) in [5, 5.41) is 0. The average molecular weight is 722 g/mol. The fourth-order valence-corrected chi connectivity index (χ4v) is 3.48. The van der Waals surface area contributed by atoms with Crippen LogP contribution in [-0.2, 0) is 38.7 Å². The molecule has 0 N–H and O–H groups in total. The Labute approximate surface area is 245 Å². The second-order valence-electron chi connectivity index (χ2n) is 7.86. The first kappa shape index (κ1) is 33.4. The second-order valence-corrected chi connectivity index (χ2v) is 7.86. The molecule has 5 heterocycles. The van der Waals surface area contributed by atoms with Crippen molar-refractivity contribution < 1.29 is 17.6 Å². The molecule has 0 aliphatic heterocycles. The van der Waals surface area contributed by atoms with Crippen molar-refractivity contribution in [1.29, 1.82) is 0 Å². The van der Waals surface area contributed by atoms with E-state index in [1.165, 1.54) is 23.1 Å². The Morgan fingerprint density at radius 1 is 0.615 bits per heavy atom. The summed E-state index contributed by atoms with van der Waals surface area (Å²) in [5.41, 5.74) is 4.09. The molecule has 8 nitrogen and oxygen atoms in total. The molecule has 0 aliphatic carbocycles. The van der Waals surface area contributed by atoms with Crippen molar-refractivity contribution in [3.8, 4) is 23.0 Å². The van der Waals surface area contributed by atoms with Crippen molar-refractivity contribution in [1.82, 2.24) is 38.6 Å². The molecule has 6 aromatic rings. The van der Waals surface area contributed by atoms with Crippen LogP contribution in [0.5, 0.6) is 0 Å². The summed E-state index contributed by atoms with van der Waals surface area (Å²) < 4.78 is 5.99. The Hall–Kier alpha value is -3.66. The Morgan fingerprint density at radius 3 is 1.46 bits per heavy atom. The Bertz CT molecular complexity index is 1420. The third kappa shape index (κ3) is 8.95. The molecule has 39 heavy (non-hydrogen) atoms. The molecule has 0 atom stereocenters. The van der Waals surface area contributed by atoms with Crippen LogP contribution in [0.15, 0.2) is 97.8 Å². The molecule has 0 saturated heterocycles. The standard InChI is InChI=1S/2C9H9N3.C9H10N2.2CH4.ClH.Os/c2*1-12-7-6-11-9(12)8-4-2-3-5-10-8;1-7-10-8-5-3-4-6-9(8)11(7)2;;;;/h2*2-7H,1H3;3-6H,1-2H3;2*1H4;1H;/q;;;;;;+1/p-1. The number of pyridine rings is 2. The Balaban J connectivity index is 0.000000277. The van der Waals surface area contributed by atoms with Crippen LogP contribution in [0, 0.1) is 6.92 Å². The summed E-state index contributed by atoms with van der Waals surface area (Å²) in [4.78, 5) is 21.1. The Morgan fingerprint density at radius 2 is 1.08 bits per heavy atom. The normalized spacial score (nSPS) is 9.38. The number of para-hydroxylation sites is 2. The van der Waals surface area contributed by atoms with Gasteiger partial charge >= 0.3 is 27.2 Å². The molecular weight excluding hydrogens is 686 g/mol. The van der Waals surface area contributed by atoms with Crippen molar-refractivity contribution >= 4 is 20.7 Å². The molecule has 0 spiro atoms. The van der Waals surface area contributed by atoms with Crippen molar-refractivity contribution in [2.24, 2.45) is 21.1 Å². The maximum atomic E-state index is 4.67. The zero-order valence-electron chi connectivity index (χ0n) is 21.0. The monoisotopic (exact) mass is 723 g/mol. The molecule has 0 fully saturated rings. The minimum atomic E-state index is 0. The maximum absolute atomic E-state index is 4.67. The molecule has 0 saturated carbocycles. The predicted molar refractivity (Wildman–Crippen MR) is 158 cm³/mol. The zero-order chi connectivity index (χ0) is 26.6. The van der Waals surface area contributed by atoms with Crippen molar-refractivity contribution in [2.45, 2.75) is 21.8 Å². The first-order valence-corrected chi connectivity index (χ1v) is 14.5. The van der Waals surface area contributed by atoms with Gasteiger partial charge in [0.25, 0.3) is 0 Å². The van der Waals surface area contributed by atoms with Gasteiger partial charge in [0, 0.05) is 58.3 Å². The molecule has 1 aromatic carbocycles. The fourth-order valence-electron chi connectivity index (χ4n) is 3.48. The molecule has 6 rings (SSSR count). The van der Waals surface area contributed by atoms with Crippen molar-refractivity contribution in [3.63, 3.8) is 0 Å². The van der Waals surface area contributed by atoms with E-state index in [1.807, 2.05) is 104 Å². The molecular formula is C29H36ClN8Os. The second kappa shape index (κ2) is 17.0. The van der Waals surface area contributed by atoms with Gasteiger partial charge in [-0.2, -0.15) is 0 Å². The number of aryl methyl sites for hydroxylation is 4. The van der Waals surface area contributed by atoms with E-state index >= 15 is 0 Å². The van der Waals surface area contributed by atoms with Crippen LogP contribution >= 0.6 is 9.64 Å². The summed E-state index contributed by atoms with van der Waals surface area (Å²) in [6.07, 6.45) is 10.9. The van der Waals surface area contributed by atoms with E-state index in [4.69, 9.17) is 0 Å². The molecule has 0 radical (unpaired) electrons. The number of imidazole rings is 3. The zero-order valence-corrected chi connectivity index (χ0v) is 24.3. The van der Waals surface area contributed by atoms with E-state index in [1.54, 1.807) is 24.8 Å². The molecule has 0 bridgehead atoms. The quantitative estimate of drug-likeness (QED) is 0.197. The van der Waals surface area contributed by atoms with Gasteiger partial charge in [-0.3, -0.25) is 9.97 Å². The van der Waals surface area contributed by atoms with E-state index in [0.717, 1.165) is 34.4 Å². The first-order valence-electron chi connectivity index (χ1n) is 11.3. The minimum absolute atomic E-state index is 0. The number of halogens is 1. The van der Waals surface area contributed by atoms with Gasteiger partial charge in [0.1, 0.15) is 17.2 Å². The molecule has 0 unspecified atom stereocenters. The number of hydrogen-bond acceptors (Lipinski definition) is 5. The summed E-state index contributed by atoms with van der Waals surface area (Å²) in [6, 6.07) is 19.7. The molecule has 0 aliphatic rings. The summed E-state index contributed by atoms with van der Waals surface area (Å²) in [7, 11) is 10.6. The van der Waals surface area contributed by atoms with Crippen LogP contribution in [0.3, 0.4) is 0 Å².